The van der Waals surface area contributed by atoms with Crippen LogP contribution in [0.4, 0.5) is 0 Å². The first-order chi connectivity index (χ1) is 25.9. The predicted molar refractivity (Wildman–Crippen MR) is 210 cm³/mol. The molecule has 0 aromatic rings. The third-order valence-electron chi connectivity index (χ3n) is 8.80. The van der Waals surface area contributed by atoms with Crippen molar-refractivity contribution in [2.45, 2.75) is 167 Å². The zero-order chi connectivity index (χ0) is 39.9. The first-order valence-electron chi connectivity index (χ1n) is 20.0. The molecule has 1 heterocycles. The summed E-state index contributed by atoms with van der Waals surface area (Å²) in [5.74, 6) is -1.45. The van der Waals surface area contributed by atoms with Gasteiger partial charge in [-0.15, -0.1) is 0 Å². The second kappa shape index (κ2) is 31.8. The molecule has 1 rings (SSSR count). The van der Waals surface area contributed by atoms with Gasteiger partial charge in [0.1, 0.15) is 6.61 Å². The van der Waals surface area contributed by atoms with Crippen LogP contribution in [0.15, 0.2) is 60.8 Å². The molecule has 5 N–H and O–H groups in total. The summed E-state index contributed by atoms with van der Waals surface area (Å²) in [7, 11) is -4.83. The van der Waals surface area contributed by atoms with E-state index in [1.54, 1.807) is 12.2 Å². The Kier molecular flexibility index (Phi) is 29.2. The molecule has 310 valence electrons. The number of ether oxygens (including phenoxy) is 3. The number of esters is 2. The summed E-state index contributed by atoms with van der Waals surface area (Å²) in [4.78, 5) is 43.0. The minimum atomic E-state index is -4.83. The van der Waals surface area contributed by atoms with Gasteiger partial charge in [-0.25, -0.2) is 4.57 Å². The third kappa shape index (κ3) is 28.1. The average Bonchev–Trinajstić information content (AvgIpc) is 3.12. The molecule has 0 radical (unpaired) electrons. The normalized spacial score (nSPS) is 20.9. The van der Waals surface area contributed by atoms with Crippen molar-refractivity contribution in [2.75, 3.05) is 13.2 Å². The molecule has 0 spiro atoms. The standard InChI is InChI=1S/C41H69O12P/c1-3-5-7-8-9-10-11-12-13-14-15-16-17-18-24-28-40(45)52-35(33-51-54(47,48)49)32-50-39(44)27-23-20-19-22-26-36-37(43)31-41(46)53-38(36)30-29-34(42)25-21-6-4-2/h9-10,12-13,15-16,19,22,29-30,34-38,41-43,46H,3-8,11,14,17-18,20-21,23-28,31-33H2,1-2H3,(H2,47,48,49)/b10-9-,13-12-,16-15-,22-19-,30-29+/t34-,35+,36-,37-,38+,41?/m0/s1. The van der Waals surface area contributed by atoms with E-state index >= 15 is 0 Å². The number of hydrogen-bond acceptors (Lipinski definition) is 10. The van der Waals surface area contributed by atoms with E-state index in [-0.39, 0.29) is 25.2 Å². The number of hydrogen-bond donors (Lipinski definition) is 5. The van der Waals surface area contributed by atoms with Crippen LogP contribution < -0.4 is 0 Å². The van der Waals surface area contributed by atoms with Gasteiger partial charge in [0.25, 0.3) is 0 Å². The molecule has 1 unspecified atom stereocenters. The van der Waals surface area contributed by atoms with E-state index in [1.807, 2.05) is 12.2 Å². The Bertz CT molecular complexity index is 1180. The van der Waals surface area contributed by atoms with Gasteiger partial charge in [-0.05, 0) is 70.6 Å². The summed E-state index contributed by atoms with van der Waals surface area (Å²) >= 11 is 0. The van der Waals surface area contributed by atoms with E-state index in [9.17, 15) is 29.5 Å². The number of aliphatic hydroxyl groups excluding tert-OH is 3. The quantitative estimate of drug-likeness (QED) is 0.0199. The van der Waals surface area contributed by atoms with Crippen molar-refractivity contribution in [3.63, 3.8) is 0 Å². The molecule has 0 amide bonds. The predicted octanol–water partition coefficient (Wildman–Crippen LogP) is 7.84. The fourth-order valence-corrected chi connectivity index (χ4v) is 6.07. The number of unbranched alkanes of at least 4 members (excludes halogenated alkanes) is 8. The topological polar surface area (TPSA) is 189 Å². The molecule has 1 fully saturated rings. The van der Waals surface area contributed by atoms with Crippen molar-refractivity contribution in [1.29, 1.82) is 0 Å². The first-order valence-corrected chi connectivity index (χ1v) is 21.5. The third-order valence-corrected chi connectivity index (χ3v) is 9.29. The molecule has 12 nitrogen and oxygen atoms in total. The van der Waals surface area contributed by atoms with Gasteiger partial charge in [0, 0.05) is 25.2 Å². The Hall–Kier alpha value is -2.41. The molecular weight excluding hydrogens is 715 g/mol. The van der Waals surface area contributed by atoms with E-state index in [1.165, 1.54) is 19.3 Å². The molecule has 0 aromatic heterocycles. The summed E-state index contributed by atoms with van der Waals surface area (Å²) in [5.41, 5.74) is 0. The van der Waals surface area contributed by atoms with Gasteiger partial charge >= 0.3 is 19.8 Å². The maximum atomic E-state index is 12.4. The molecule has 1 saturated heterocycles. The van der Waals surface area contributed by atoms with Crippen molar-refractivity contribution in [3.8, 4) is 0 Å². The minimum Gasteiger partial charge on any atom is -0.462 e. The van der Waals surface area contributed by atoms with Crippen molar-refractivity contribution in [3.05, 3.63) is 60.8 Å². The molecule has 54 heavy (non-hydrogen) atoms. The Balaban J connectivity index is 2.39. The zero-order valence-corrected chi connectivity index (χ0v) is 33.5. The van der Waals surface area contributed by atoms with Crippen LogP contribution in [-0.4, -0.2) is 81.0 Å². The molecule has 0 bridgehead atoms. The minimum absolute atomic E-state index is 0.0620. The van der Waals surface area contributed by atoms with Crippen molar-refractivity contribution in [1.82, 2.24) is 0 Å². The largest absolute Gasteiger partial charge is 0.469 e. The van der Waals surface area contributed by atoms with E-state index in [2.05, 4.69) is 54.8 Å². The number of phosphoric acid groups is 1. The number of carbonyl (C=O) groups excluding carboxylic acids is 2. The molecule has 1 aliphatic rings. The molecule has 0 saturated carbocycles. The number of allylic oxidation sites excluding steroid dienone is 8. The van der Waals surface area contributed by atoms with Crippen LogP contribution in [0, 0.1) is 5.92 Å². The lowest BCUT2D eigenvalue weighted by molar-refractivity contribution is -0.199. The van der Waals surface area contributed by atoms with Crippen LogP contribution in [-0.2, 0) is 32.9 Å². The highest BCUT2D eigenvalue weighted by molar-refractivity contribution is 7.46. The highest BCUT2D eigenvalue weighted by Gasteiger charge is 2.35. The number of rotatable bonds is 31. The highest BCUT2D eigenvalue weighted by atomic mass is 31.2. The fourth-order valence-electron chi connectivity index (χ4n) is 5.71. The van der Waals surface area contributed by atoms with Gasteiger partial charge in [0.05, 0.1) is 24.9 Å². The summed E-state index contributed by atoms with van der Waals surface area (Å²) in [6.45, 7) is 3.26. The van der Waals surface area contributed by atoms with Gasteiger partial charge in [-0.3, -0.25) is 14.1 Å². The van der Waals surface area contributed by atoms with Gasteiger partial charge in [-0.1, -0.05) is 107 Å². The molecule has 13 heteroatoms. The molecule has 0 aromatic carbocycles. The van der Waals surface area contributed by atoms with Gasteiger partial charge in [-0.2, -0.15) is 0 Å². The fraction of sp³-hybridized carbons (Fsp3) is 0.707. The summed E-state index contributed by atoms with van der Waals surface area (Å²) < 4.78 is 31.9. The SMILES string of the molecule is CCCCC/C=C\C/C=C\C/C=C\CCCCC(=O)O[C@H](COC(=O)CCC/C=C\C[C@H]1[C@@H](O)CC(O)O[C@@H]1/C=C/[C@@H](O)CCCCC)COP(=O)(O)O. The Morgan fingerprint density at radius 2 is 1.37 bits per heavy atom. The second-order valence-electron chi connectivity index (χ2n) is 13.8. The Morgan fingerprint density at radius 3 is 2.04 bits per heavy atom. The summed E-state index contributed by atoms with van der Waals surface area (Å²) in [6.07, 6.45) is 30.0. The summed E-state index contributed by atoms with van der Waals surface area (Å²) in [6, 6.07) is 0. The average molecular weight is 785 g/mol. The molecule has 1 aliphatic heterocycles. The van der Waals surface area contributed by atoms with Crippen LogP contribution in [0.1, 0.15) is 136 Å². The molecular formula is C41H69O12P. The van der Waals surface area contributed by atoms with Crippen LogP contribution in [0.25, 0.3) is 0 Å². The van der Waals surface area contributed by atoms with Gasteiger partial charge in [0.15, 0.2) is 12.4 Å². The lowest BCUT2D eigenvalue weighted by Gasteiger charge is -2.36. The molecule has 6 atom stereocenters. The number of aliphatic hydroxyl groups is 3. The number of phosphoric ester groups is 1. The van der Waals surface area contributed by atoms with E-state index in [0.717, 1.165) is 51.4 Å². The Labute approximate surface area is 323 Å². The smallest absolute Gasteiger partial charge is 0.462 e. The lowest BCUT2D eigenvalue weighted by atomic mass is 9.87. The monoisotopic (exact) mass is 784 g/mol. The first kappa shape index (κ1) is 49.6. The highest BCUT2D eigenvalue weighted by Crippen LogP contribution is 2.36. The van der Waals surface area contributed by atoms with Crippen LogP contribution in [0.2, 0.25) is 0 Å². The Morgan fingerprint density at radius 1 is 0.778 bits per heavy atom. The maximum Gasteiger partial charge on any atom is 0.469 e. The van der Waals surface area contributed by atoms with E-state index < -0.39 is 63.7 Å². The van der Waals surface area contributed by atoms with Crippen LogP contribution in [0.5, 0.6) is 0 Å². The van der Waals surface area contributed by atoms with Crippen molar-refractivity contribution in [2.24, 2.45) is 5.92 Å². The lowest BCUT2D eigenvalue weighted by Crippen LogP contribution is -2.43. The van der Waals surface area contributed by atoms with Crippen molar-refractivity contribution < 1.29 is 58.0 Å². The molecule has 0 aliphatic carbocycles. The van der Waals surface area contributed by atoms with Gasteiger partial charge < -0.3 is 39.3 Å². The van der Waals surface area contributed by atoms with Crippen LogP contribution >= 0.6 is 7.82 Å². The van der Waals surface area contributed by atoms with Crippen LogP contribution in [0.3, 0.4) is 0 Å². The second-order valence-corrected chi connectivity index (χ2v) is 15.0. The maximum absolute atomic E-state index is 12.4. The van der Waals surface area contributed by atoms with Crippen molar-refractivity contribution >= 4 is 19.8 Å². The van der Waals surface area contributed by atoms with E-state index in [0.29, 0.717) is 32.1 Å². The van der Waals surface area contributed by atoms with Gasteiger partial charge in [0.2, 0.25) is 0 Å². The van der Waals surface area contributed by atoms with E-state index in [4.69, 9.17) is 24.0 Å². The number of carbonyl (C=O) groups is 2. The zero-order valence-electron chi connectivity index (χ0n) is 32.6. The summed E-state index contributed by atoms with van der Waals surface area (Å²) in [5, 5.41) is 30.8.